The van der Waals surface area contributed by atoms with Crippen molar-refractivity contribution in [3.05, 3.63) is 17.5 Å². The van der Waals surface area contributed by atoms with Crippen LogP contribution in [0, 0.1) is 13.7 Å². The van der Waals surface area contributed by atoms with E-state index in [2.05, 4.69) is 9.97 Å². The normalized spacial score (nSPS) is 22.2. The van der Waals surface area contributed by atoms with Gasteiger partial charge in [0.2, 0.25) is 5.95 Å². The van der Waals surface area contributed by atoms with Gasteiger partial charge in [0.25, 0.3) is 0 Å². The Kier molecular flexibility index (Phi) is 0.432. The molecule has 0 atom stereocenters. The van der Waals surface area contributed by atoms with Crippen LogP contribution in [0.3, 0.4) is 0 Å². The van der Waals surface area contributed by atoms with Crippen LogP contribution in [0.1, 0.15) is 19.6 Å². The van der Waals surface area contributed by atoms with E-state index in [0.717, 1.165) is 6.07 Å². The van der Waals surface area contributed by atoms with Crippen molar-refractivity contribution in [1.82, 2.24) is 9.97 Å². The van der Waals surface area contributed by atoms with E-state index in [0.29, 0.717) is 0 Å². The first-order chi connectivity index (χ1) is 6.60. The Labute approximate surface area is 62.4 Å². The fourth-order valence-electron chi connectivity index (χ4n) is 0.466. The average molecular weight is 129 g/mol. The van der Waals surface area contributed by atoms with Gasteiger partial charge in [0.15, 0.2) is 0 Å². The molecule has 0 spiro atoms. The van der Waals surface area contributed by atoms with Crippen molar-refractivity contribution in [2.75, 3.05) is 5.73 Å². The van der Waals surface area contributed by atoms with Crippen LogP contribution in [0.25, 0.3) is 0 Å². The molecular weight excluding hydrogens is 114 g/mol. The lowest BCUT2D eigenvalue weighted by Gasteiger charge is -1.94. The van der Waals surface area contributed by atoms with Gasteiger partial charge < -0.3 is 5.73 Å². The Balaban J connectivity index is 3.30. The van der Waals surface area contributed by atoms with E-state index in [9.17, 15) is 0 Å². The van der Waals surface area contributed by atoms with Gasteiger partial charge in [-0.2, -0.15) is 0 Å². The van der Waals surface area contributed by atoms with E-state index >= 15 is 0 Å². The second-order valence-electron chi connectivity index (χ2n) is 1.50. The number of hydrogen-bond donors (Lipinski definition) is 1. The molecule has 0 radical (unpaired) electrons. The Morgan fingerprint density at radius 1 is 1.44 bits per heavy atom. The van der Waals surface area contributed by atoms with Gasteiger partial charge in [-0.15, -0.1) is 0 Å². The highest BCUT2D eigenvalue weighted by Crippen LogP contribution is 1.98. The highest BCUT2D eigenvalue weighted by atomic mass is 15.0. The molecule has 1 aromatic rings. The van der Waals surface area contributed by atoms with E-state index in [4.69, 9.17) is 14.0 Å². The monoisotopic (exact) mass is 129 g/mol. The van der Waals surface area contributed by atoms with Crippen molar-refractivity contribution in [2.24, 2.45) is 0 Å². The SMILES string of the molecule is [2H]C([2H])([2H])c1cc(C([2H])([2H])[2H])nc(N)n1. The largest absolute Gasteiger partial charge is 0.368 e. The van der Waals surface area contributed by atoms with E-state index in [1.807, 2.05) is 0 Å². The van der Waals surface area contributed by atoms with Crippen LogP contribution in [-0.4, -0.2) is 9.97 Å². The standard InChI is InChI=1S/C6H9N3/c1-4-3-5(2)9-6(7)8-4/h3H,1-2H3,(H2,7,8,9)/i1D3,2D3. The van der Waals surface area contributed by atoms with Gasteiger partial charge in [0, 0.05) is 19.6 Å². The summed E-state index contributed by atoms with van der Waals surface area (Å²) in [7, 11) is 0. The second-order valence-corrected chi connectivity index (χ2v) is 1.50. The summed E-state index contributed by atoms with van der Waals surface area (Å²) in [5, 5.41) is 0. The summed E-state index contributed by atoms with van der Waals surface area (Å²) < 4.78 is 42.4. The first-order valence-corrected chi connectivity index (χ1v) is 2.26. The predicted molar refractivity (Wildman–Crippen MR) is 35.9 cm³/mol. The third kappa shape index (κ3) is 1.38. The first kappa shape index (κ1) is 1.94. The molecule has 0 aliphatic carbocycles. The molecule has 0 aliphatic heterocycles. The molecule has 0 aliphatic rings. The molecule has 3 heteroatoms. The number of nitrogen functional groups attached to an aromatic ring is 1. The van der Waals surface area contributed by atoms with E-state index in [-0.39, 0.29) is 17.3 Å². The fraction of sp³-hybridized carbons (Fsp3) is 0.333. The Morgan fingerprint density at radius 3 is 2.44 bits per heavy atom. The van der Waals surface area contributed by atoms with E-state index in [1.165, 1.54) is 0 Å². The summed E-state index contributed by atoms with van der Waals surface area (Å²) in [6.07, 6.45) is 0. The lowest BCUT2D eigenvalue weighted by atomic mass is 10.4. The molecule has 0 bridgehead atoms. The number of anilines is 1. The minimum atomic E-state index is -2.49. The summed E-state index contributed by atoms with van der Waals surface area (Å²) in [5.41, 5.74) is 4.51. The zero-order valence-corrected chi connectivity index (χ0v) is 4.55. The quantitative estimate of drug-likeness (QED) is 0.560. The van der Waals surface area contributed by atoms with Crippen molar-refractivity contribution in [1.29, 1.82) is 0 Å². The molecule has 0 aromatic carbocycles. The van der Waals surface area contributed by atoms with Crippen LogP contribution in [0.15, 0.2) is 6.07 Å². The molecule has 2 N–H and O–H groups in total. The summed E-state index contributed by atoms with van der Waals surface area (Å²) in [6, 6.07) is 0.927. The van der Waals surface area contributed by atoms with Gasteiger partial charge in [-0.25, -0.2) is 9.97 Å². The molecule has 1 heterocycles. The van der Waals surface area contributed by atoms with Crippen LogP contribution in [0.5, 0.6) is 0 Å². The van der Waals surface area contributed by atoms with Crippen LogP contribution in [0.2, 0.25) is 0 Å². The fourth-order valence-corrected chi connectivity index (χ4v) is 0.466. The number of aromatic nitrogens is 2. The number of aryl methyl sites for hydroxylation is 2. The van der Waals surface area contributed by atoms with Gasteiger partial charge in [-0.05, 0) is 19.8 Å². The third-order valence-corrected chi connectivity index (χ3v) is 0.743. The van der Waals surface area contributed by atoms with Crippen molar-refractivity contribution >= 4 is 5.95 Å². The molecule has 1 rings (SSSR count). The summed E-state index contributed by atoms with van der Waals surface area (Å²) in [5.74, 6) is -0.352. The Hall–Kier alpha value is -1.12. The molecule has 3 nitrogen and oxygen atoms in total. The molecule has 1 aromatic heterocycles. The van der Waals surface area contributed by atoms with Crippen LogP contribution >= 0.6 is 0 Å². The van der Waals surface area contributed by atoms with Crippen LogP contribution in [-0.2, 0) is 0 Å². The van der Waals surface area contributed by atoms with Gasteiger partial charge in [-0.3, -0.25) is 0 Å². The zero-order chi connectivity index (χ0) is 11.9. The highest BCUT2D eigenvalue weighted by Gasteiger charge is 1.90. The molecule has 9 heavy (non-hydrogen) atoms. The topological polar surface area (TPSA) is 51.8 Å². The molecule has 0 unspecified atom stereocenters. The third-order valence-electron chi connectivity index (χ3n) is 0.743. The maximum Gasteiger partial charge on any atom is 0.220 e. The Morgan fingerprint density at radius 2 is 2.00 bits per heavy atom. The number of hydrogen-bond acceptors (Lipinski definition) is 3. The van der Waals surface area contributed by atoms with E-state index < -0.39 is 13.7 Å². The number of nitrogens with two attached hydrogens (primary N) is 1. The van der Waals surface area contributed by atoms with Crippen molar-refractivity contribution in [2.45, 2.75) is 13.7 Å². The molecular formula is C6H9N3. The molecule has 0 fully saturated rings. The molecule has 48 valence electrons. The zero-order valence-electron chi connectivity index (χ0n) is 10.5. The molecule has 0 saturated carbocycles. The smallest absolute Gasteiger partial charge is 0.220 e. The van der Waals surface area contributed by atoms with Gasteiger partial charge in [0.1, 0.15) is 0 Å². The van der Waals surface area contributed by atoms with Crippen LogP contribution < -0.4 is 5.73 Å². The molecule has 0 saturated heterocycles. The maximum absolute atomic E-state index is 7.07. The summed E-state index contributed by atoms with van der Waals surface area (Å²) in [4.78, 5) is 6.95. The summed E-state index contributed by atoms with van der Waals surface area (Å²) in [6.45, 7) is -4.98. The first-order valence-electron chi connectivity index (χ1n) is 5.26. The maximum atomic E-state index is 7.07. The van der Waals surface area contributed by atoms with Crippen molar-refractivity contribution < 1.29 is 8.22 Å². The average Bonchev–Trinajstić information content (AvgIpc) is 1.99. The Bertz CT molecular complexity index is 336. The predicted octanol–water partition coefficient (Wildman–Crippen LogP) is 0.676. The minimum absolute atomic E-state index is 0.352. The minimum Gasteiger partial charge on any atom is -0.368 e. The lowest BCUT2D eigenvalue weighted by molar-refractivity contribution is 1.07. The van der Waals surface area contributed by atoms with Gasteiger partial charge in [0.05, 0.1) is 0 Å². The number of nitrogens with zero attached hydrogens (tertiary/aromatic N) is 2. The van der Waals surface area contributed by atoms with Crippen molar-refractivity contribution in [3.8, 4) is 0 Å². The van der Waals surface area contributed by atoms with Crippen LogP contribution in [0.4, 0.5) is 5.95 Å². The van der Waals surface area contributed by atoms with E-state index in [1.54, 1.807) is 0 Å². The second kappa shape index (κ2) is 2.01. The van der Waals surface area contributed by atoms with Gasteiger partial charge >= 0.3 is 0 Å². The highest BCUT2D eigenvalue weighted by molar-refractivity contribution is 5.20. The summed E-state index contributed by atoms with van der Waals surface area (Å²) >= 11 is 0. The number of rotatable bonds is 0. The molecule has 0 amide bonds. The van der Waals surface area contributed by atoms with Crippen molar-refractivity contribution in [3.63, 3.8) is 0 Å². The lowest BCUT2D eigenvalue weighted by Crippen LogP contribution is -1.97. The van der Waals surface area contributed by atoms with Gasteiger partial charge in [-0.1, -0.05) is 0 Å².